The van der Waals surface area contributed by atoms with E-state index in [0.29, 0.717) is 31.0 Å². The first-order chi connectivity index (χ1) is 9.70. The van der Waals surface area contributed by atoms with E-state index in [2.05, 4.69) is 15.7 Å². The number of rotatable bonds is 5. The van der Waals surface area contributed by atoms with Gasteiger partial charge in [-0.25, -0.2) is 0 Å². The largest absolute Gasteiger partial charge is 0.356 e. The van der Waals surface area contributed by atoms with Gasteiger partial charge in [-0.15, -0.1) is 0 Å². The van der Waals surface area contributed by atoms with Gasteiger partial charge in [-0.3, -0.25) is 9.48 Å². The molecule has 2 aliphatic heterocycles. The van der Waals surface area contributed by atoms with Crippen LogP contribution in [0.1, 0.15) is 37.8 Å². The Bertz CT molecular complexity index is 458. The molecule has 0 spiro atoms. The number of amides is 1. The van der Waals surface area contributed by atoms with Crippen molar-refractivity contribution < 1.29 is 4.79 Å². The zero-order chi connectivity index (χ0) is 13.9. The Kier molecular flexibility index (Phi) is 4.05. The van der Waals surface area contributed by atoms with Crippen molar-refractivity contribution in [1.82, 2.24) is 20.4 Å². The average molecular weight is 276 g/mol. The van der Waals surface area contributed by atoms with Crippen molar-refractivity contribution in [2.75, 3.05) is 6.54 Å². The lowest BCUT2D eigenvalue weighted by Crippen LogP contribution is -2.39. The maximum absolute atomic E-state index is 12.0. The number of carbonyl (C=O) groups excluding carboxylic acids is 1. The molecule has 2 bridgehead atoms. The van der Waals surface area contributed by atoms with Crippen LogP contribution in [0, 0.1) is 5.92 Å². The lowest BCUT2D eigenvalue weighted by Gasteiger charge is -2.28. The van der Waals surface area contributed by atoms with Crippen molar-refractivity contribution in [3.8, 4) is 0 Å². The highest BCUT2D eigenvalue weighted by atomic mass is 16.1. The molecule has 5 heteroatoms. The minimum atomic E-state index is 0.207. The summed E-state index contributed by atoms with van der Waals surface area (Å²) in [6.45, 7) is 0.705. The van der Waals surface area contributed by atoms with Crippen LogP contribution in [0.5, 0.6) is 0 Å². The summed E-state index contributed by atoms with van der Waals surface area (Å²) in [5, 5.41) is 10.8. The summed E-state index contributed by atoms with van der Waals surface area (Å²) in [6.07, 6.45) is 8.27. The highest BCUT2D eigenvalue weighted by molar-refractivity contribution is 5.76. The van der Waals surface area contributed by atoms with E-state index < -0.39 is 0 Å². The molecule has 2 unspecified atom stereocenters. The lowest BCUT2D eigenvalue weighted by molar-refractivity contribution is -0.122. The minimum absolute atomic E-state index is 0.207. The van der Waals surface area contributed by atoms with Crippen LogP contribution in [0.4, 0.5) is 0 Å². The van der Waals surface area contributed by atoms with Crippen LogP contribution in [-0.4, -0.2) is 34.3 Å². The Hall–Kier alpha value is -1.36. The van der Waals surface area contributed by atoms with Gasteiger partial charge < -0.3 is 10.6 Å². The molecule has 1 amide bonds. The fourth-order valence-electron chi connectivity index (χ4n) is 3.65. The molecule has 2 fully saturated rings. The third-order valence-electron chi connectivity index (χ3n) is 4.67. The summed E-state index contributed by atoms with van der Waals surface area (Å²) >= 11 is 0. The molecule has 110 valence electrons. The van der Waals surface area contributed by atoms with Crippen molar-refractivity contribution in [2.24, 2.45) is 13.0 Å². The van der Waals surface area contributed by atoms with Gasteiger partial charge in [0.05, 0.1) is 0 Å². The van der Waals surface area contributed by atoms with Crippen molar-refractivity contribution in [3.05, 3.63) is 18.0 Å². The summed E-state index contributed by atoms with van der Waals surface area (Å²) in [5.41, 5.74) is 1.16. The topological polar surface area (TPSA) is 59.0 Å². The standard InChI is InChI=1S/C15H24N4O/c1-19-14(5-7-17-19)4-6-16-15(20)10-11-8-12-2-3-13(9-11)18-12/h5,7,11-13,18H,2-4,6,8-10H2,1H3,(H,16,20). The van der Waals surface area contributed by atoms with Gasteiger partial charge in [0.25, 0.3) is 0 Å². The smallest absolute Gasteiger partial charge is 0.220 e. The molecule has 0 aliphatic carbocycles. The third kappa shape index (κ3) is 3.20. The van der Waals surface area contributed by atoms with Gasteiger partial charge in [0.2, 0.25) is 5.91 Å². The van der Waals surface area contributed by atoms with Crippen LogP contribution in [0.3, 0.4) is 0 Å². The molecule has 2 N–H and O–H groups in total. The maximum Gasteiger partial charge on any atom is 0.220 e. The zero-order valence-electron chi connectivity index (χ0n) is 12.1. The Morgan fingerprint density at radius 2 is 2.20 bits per heavy atom. The summed E-state index contributed by atoms with van der Waals surface area (Å²) in [6, 6.07) is 3.33. The second-order valence-electron chi connectivity index (χ2n) is 6.23. The molecular formula is C15H24N4O. The van der Waals surface area contributed by atoms with Crippen LogP contribution in [0.15, 0.2) is 12.3 Å². The van der Waals surface area contributed by atoms with Gasteiger partial charge in [-0.1, -0.05) is 0 Å². The van der Waals surface area contributed by atoms with Crippen molar-refractivity contribution in [1.29, 1.82) is 0 Å². The number of nitrogens with one attached hydrogen (secondary N) is 2. The average Bonchev–Trinajstić information content (AvgIpc) is 2.96. The predicted octanol–water partition coefficient (Wildman–Crippen LogP) is 1.000. The van der Waals surface area contributed by atoms with E-state index in [1.54, 1.807) is 6.20 Å². The molecule has 0 radical (unpaired) electrons. The number of nitrogens with zero attached hydrogens (tertiary/aromatic N) is 2. The van der Waals surface area contributed by atoms with E-state index in [4.69, 9.17) is 0 Å². The van der Waals surface area contributed by atoms with Crippen molar-refractivity contribution >= 4 is 5.91 Å². The maximum atomic E-state index is 12.0. The SMILES string of the molecule is Cn1nccc1CCNC(=O)CC1CC2CCC(C1)N2. The first-order valence-corrected chi connectivity index (χ1v) is 7.70. The summed E-state index contributed by atoms with van der Waals surface area (Å²) in [4.78, 5) is 12.0. The van der Waals surface area contributed by atoms with E-state index in [-0.39, 0.29) is 5.91 Å². The molecule has 2 atom stereocenters. The van der Waals surface area contributed by atoms with Gasteiger partial charge in [0, 0.05) is 50.4 Å². The van der Waals surface area contributed by atoms with Gasteiger partial charge in [0.15, 0.2) is 0 Å². The molecule has 3 heterocycles. The van der Waals surface area contributed by atoms with Gasteiger partial charge >= 0.3 is 0 Å². The highest BCUT2D eigenvalue weighted by Crippen LogP contribution is 2.32. The van der Waals surface area contributed by atoms with E-state index >= 15 is 0 Å². The molecular weight excluding hydrogens is 252 g/mol. The van der Waals surface area contributed by atoms with Crippen LogP contribution in [0.2, 0.25) is 0 Å². The zero-order valence-corrected chi connectivity index (χ0v) is 12.1. The third-order valence-corrected chi connectivity index (χ3v) is 4.67. The molecule has 2 saturated heterocycles. The number of aryl methyl sites for hydroxylation is 1. The minimum Gasteiger partial charge on any atom is -0.356 e. The van der Waals surface area contributed by atoms with Crippen molar-refractivity contribution in [2.45, 2.75) is 50.6 Å². The quantitative estimate of drug-likeness (QED) is 0.843. The monoisotopic (exact) mass is 276 g/mol. The first kappa shape index (κ1) is 13.6. The molecule has 1 aromatic rings. The number of hydrogen-bond acceptors (Lipinski definition) is 3. The highest BCUT2D eigenvalue weighted by Gasteiger charge is 2.33. The Labute approximate surface area is 120 Å². The van der Waals surface area contributed by atoms with E-state index in [9.17, 15) is 4.79 Å². The molecule has 2 aliphatic rings. The van der Waals surface area contributed by atoms with Crippen LogP contribution >= 0.6 is 0 Å². The first-order valence-electron chi connectivity index (χ1n) is 7.70. The second-order valence-corrected chi connectivity index (χ2v) is 6.23. The fraction of sp³-hybridized carbons (Fsp3) is 0.733. The number of fused-ring (bicyclic) bond motifs is 2. The van der Waals surface area contributed by atoms with E-state index in [1.165, 1.54) is 25.7 Å². The Morgan fingerprint density at radius 3 is 2.85 bits per heavy atom. The fourth-order valence-corrected chi connectivity index (χ4v) is 3.65. The normalized spacial score (nSPS) is 28.6. The summed E-state index contributed by atoms with van der Waals surface area (Å²) in [7, 11) is 1.93. The van der Waals surface area contributed by atoms with Crippen molar-refractivity contribution in [3.63, 3.8) is 0 Å². The Balaban J connectivity index is 1.38. The number of aromatic nitrogens is 2. The van der Waals surface area contributed by atoms with Gasteiger partial charge in [-0.05, 0) is 37.7 Å². The van der Waals surface area contributed by atoms with Crippen LogP contribution in [0.25, 0.3) is 0 Å². The number of hydrogen-bond donors (Lipinski definition) is 2. The molecule has 0 saturated carbocycles. The Morgan fingerprint density at radius 1 is 1.45 bits per heavy atom. The predicted molar refractivity (Wildman–Crippen MR) is 77.2 cm³/mol. The van der Waals surface area contributed by atoms with Crippen LogP contribution in [-0.2, 0) is 18.3 Å². The van der Waals surface area contributed by atoms with Crippen LogP contribution < -0.4 is 10.6 Å². The van der Waals surface area contributed by atoms with E-state index in [0.717, 1.165) is 12.1 Å². The summed E-state index contributed by atoms with van der Waals surface area (Å²) < 4.78 is 1.86. The molecule has 20 heavy (non-hydrogen) atoms. The molecule has 3 rings (SSSR count). The molecule has 5 nitrogen and oxygen atoms in total. The van der Waals surface area contributed by atoms with Gasteiger partial charge in [-0.2, -0.15) is 5.10 Å². The number of piperidine rings is 1. The number of carbonyl (C=O) groups is 1. The van der Waals surface area contributed by atoms with E-state index in [1.807, 2.05) is 17.8 Å². The molecule has 0 aromatic carbocycles. The van der Waals surface area contributed by atoms with Gasteiger partial charge in [0.1, 0.15) is 0 Å². The lowest BCUT2D eigenvalue weighted by atomic mass is 9.89. The second kappa shape index (κ2) is 5.95. The summed E-state index contributed by atoms with van der Waals surface area (Å²) in [5.74, 6) is 0.781. The molecule has 1 aromatic heterocycles.